The zero-order valence-electron chi connectivity index (χ0n) is 9.62. The largest absolute Gasteiger partial charge is 0.399 e. The van der Waals surface area contributed by atoms with Crippen LogP contribution in [0.4, 0.5) is 17.1 Å². The van der Waals surface area contributed by atoms with E-state index in [2.05, 4.69) is 12.2 Å². The molecule has 0 atom stereocenters. The van der Waals surface area contributed by atoms with Gasteiger partial charge in [-0.05, 0) is 49.2 Å². The molecule has 0 radical (unpaired) electrons. The van der Waals surface area contributed by atoms with Crippen molar-refractivity contribution in [3.05, 3.63) is 53.6 Å². The summed E-state index contributed by atoms with van der Waals surface area (Å²) >= 11 is 0. The van der Waals surface area contributed by atoms with Crippen molar-refractivity contribution in [3.8, 4) is 0 Å². The van der Waals surface area contributed by atoms with Gasteiger partial charge in [0.05, 0.1) is 0 Å². The van der Waals surface area contributed by atoms with E-state index in [1.165, 1.54) is 5.56 Å². The SMILES string of the molecule is Cc1c(N)ccc(Nc2ccccc2)c1C. The second-order valence-electron chi connectivity index (χ2n) is 3.94. The molecule has 16 heavy (non-hydrogen) atoms. The molecule has 0 aliphatic heterocycles. The molecule has 0 heterocycles. The van der Waals surface area contributed by atoms with E-state index >= 15 is 0 Å². The van der Waals surface area contributed by atoms with Gasteiger partial charge in [0, 0.05) is 17.1 Å². The highest BCUT2D eigenvalue weighted by atomic mass is 14.9. The molecule has 2 aromatic rings. The number of nitrogen functional groups attached to an aromatic ring is 1. The summed E-state index contributed by atoms with van der Waals surface area (Å²) < 4.78 is 0. The first-order chi connectivity index (χ1) is 7.68. The molecule has 0 fully saturated rings. The van der Waals surface area contributed by atoms with Gasteiger partial charge in [-0.1, -0.05) is 18.2 Å². The monoisotopic (exact) mass is 212 g/mol. The predicted octanol–water partition coefficient (Wildman–Crippen LogP) is 3.63. The summed E-state index contributed by atoms with van der Waals surface area (Å²) in [5, 5.41) is 3.38. The van der Waals surface area contributed by atoms with Crippen molar-refractivity contribution < 1.29 is 0 Å². The topological polar surface area (TPSA) is 38.0 Å². The van der Waals surface area contributed by atoms with Crippen LogP contribution in [-0.2, 0) is 0 Å². The number of rotatable bonds is 2. The van der Waals surface area contributed by atoms with Crippen molar-refractivity contribution in [1.29, 1.82) is 0 Å². The lowest BCUT2D eigenvalue weighted by atomic mass is 10.1. The highest BCUT2D eigenvalue weighted by Crippen LogP contribution is 2.26. The highest BCUT2D eigenvalue weighted by Gasteiger charge is 2.03. The van der Waals surface area contributed by atoms with Crippen molar-refractivity contribution in [2.75, 3.05) is 11.1 Å². The van der Waals surface area contributed by atoms with Gasteiger partial charge in [-0.2, -0.15) is 0 Å². The number of nitrogens with one attached hydrogen (secondary N) is 1. The van der Waals surface area contributed by atoms with Crippen LogP contribution in [0.2, 0.25) is 0 Å². The van der Waals surface area contributed by atoms with Crippen molar-refractivity contribution in [3.63, 3.8) is 0 Å². The Kier molecular flexibility index (Phi) is 2.82. The molecule has 82 valence electrons. The van der Waals surface area contributed by atoms with E-state index in [0.717, 1.165) is 22.6 Å². The number of anilines is 3. The van der Waals surface area contributed by atoms with Crippen LogP contribution in [0, 0.1) is 13.8 Å². The number of hydrogen-bond acceptors (Lipinski definition) is 2. The summed E-state index contributed by atoms with van der Waals surface area (Å²) in [6.45, 7) is 4.12. The molecule has 3 N–H and O–H groups in total. The first kappa shape index (κ1) is 10.6. The predicted molar refractivity (Wildman–Crippen MR) is 70.1 cm³/mol. The fourth-order valence-electron chi connectivity index (χ4n) is 1.65. The van der Waals surface area contributed by atoms with Crippen LogP contribution in [0.5, 0.6) is 0 Å². The molecule has 2 heteroatoms. The Morgan fingerprint density at radius 2 is 1.56 bits per heavy atom. The van der Waals surface area contributed by atoms with Gasteiger partial charge in [0.25, 0.3) is 0 Å². The third-order valence-corrected chi connectivity index (χ3v) is 2.88. The Morgan fingerprint density at radius 1 is 0.875 bits per heavy atom. The highest BCUT2D eigenvalue weighted by molar-refractivity contribution is 5.68. The van der Waals surface area contributed by atoms with Gasteiger partial charge >= 0.3 is 0 Å². The molecule has 0 aliphatic carbocycles. The maximum Gasteiger partial charge on any atom is 0.0418 e. The van der Waals surface area contributed by atoms with Gasteiger partial charge in [0.15, 0.2) is 0 Å². The van der Waals surface area contributed by atoms with E-state index in [-0.39, 0.29) is 0 Å². The normalized spacial score (nSPS) is 10.1. The van der Waals surface area contributed by atoms with Crippen molar-refractivity contribution >= 4 is 17.1 Å². The average Bonchev–Trinajstić information content (AvgIpc) is 2.31. The van der Waals surface area contributed by atoms with Crippen LogP contribution in [0.3, 0.4) is 0 Å². The Morgan fingerprint density at radius 3 is 2.25 bits per heavy atom. The van der Waals surface area contributed by atoms with Gasteiger partial charge in [-0.15, -0.1) is 0 Å². The molecular formula is C14H16N2. The molecule has 0 bridgehead atoms. The molecule has 0 saturated carbocycles. The first-order valence-electron chi connectivity index (χ1n) is 5.36. The minimum Gasteiger partial charge on any atom is -0.399 e. The standard InChI is InChI=1S/C14H16N2/c1-10-11(2)14(9-8-13(10)15)16-12-6-4-3-5-7-12/h3-9,16H,15H2,1-2H3. The maximum atomic E-state index is 5.86. The quantitative estimate of drug-likeness (QED) is 0.746. The molecule has 0 spiro atoms. The maximum absolute atomic E-state index is 5.86. The molecule has 0 aromatic heterocycles. The van der Waals surface area contributed by atoms with Crippen LogP contribution < -0.4 is 11.1 Å². The molecule has 2 aromatic carbocycles. The molecule has 0 saturated heterocycles. The second-order valence-corrected chi connectivity index (χ2v) is 3.94. The molecule has 2 rings (SSSR count). The number of para-hydroxylation sites is 1. The first-order valence-corrected chi connectivity index (χ1v) is 5.36. The Bertz CT molecular complexity index is 490. The number of nitrogens with two attached hydrogens (primary N) is 1. The van der Waals surface area contributed by atoms with E-state index < -0.39 is 0 Å². The average molecular weight is 212 g/mol. The van der Waals surface area contributed by atoms with E-state index in [1.807, 2.05) is 49.4 Å². The van der Waals surface area contributed by atoms with E-state index in [0.29, 0.717) is 0 Å². The summed E-state index contributed by atoms with van der Waals surface area (Å²) in [7, 11) is 0. The van der Waals surface area contributed by atoms with Crippen LogP contribution in [0.1, 0.15) is 11.1 Å². The lowest BCUT2D eigenvalue weighted by molar-refractivity contribution is 1.33. The third kappa shape index (κ3) is 2.01. The molecule has 0 amide bonds. The van der Waals surface area contributed by atoms with Gasteiger partial charge in [-0.25, -0.2) is 0 Å². The van der Waals surface area contributed by atoms with Gasteiger partial charge in [-0.3, -0.25) is 0 Å². The Labute approximate surface area is 96.1 Å². The van der Waals surface area contributed by atoms with Gasteiger partial charge < -0.3 is 11.1 Å². The van der Waals surface area contributed by atoms with Crippen LogP contribution >= 0.6 is 0 Å². The summed E-state index contributed by atoms with van der Waals surface area (Å²) in [6, 6.07) is 14.1. The smallest absolute Gasteiger partial charge is 0.0418 e. The summed E-state index contributed by atoms with van der Waals surface area (Å²) in [5.41, 5.74) is 11.2. The van der Waals surface area contributed by atoms with Crippen molar-refractivity contribution in [2.45, 2.75) is 13.8 Å². The van der Waals surface area contributed by atoms with Crippen LogP contribution in [0.25, 0.3) is 0 Å². The molecule has 0 aliphatic rings. The lowest BCUT2D eigenvalue weighted by Gasteiger charge is -2.13. The minimum atomic E-state index is 0.844. The van der Waals surface area contributed by atoms with Crippen LogP contribution in [-0.4, -0.2) is 0 Å². The van der Waals surface area contributed by atoms with Gasteiger partial charge in [0.1, 0.15) is 0 Å². The molecular weight excluding hydrogens is 196 g/mol. The second kappa shape index (κ2) is 4.27. The van der Waals surface area contributed by atoms with Crippen molar-refractivity contribution in [2.24, 2.45) is 0 Å². The Balaban J connectivity index is 2.33. The van der Waals surface area contributed by atoms with Crippen LogP contribution in [0.15, 0.2) is 42.5 Å². The van der Waals surface area contributed by atoms with E-state index in [1.54, 1.807) is 0 Å². The molecule has 2 nitrogen and oxygen atoms in total. The lowest BCUT2D eigenvalue weighted by Crippen LogP contribution is -1.98. The van der Waals surface area contributed by atoms with Crippen molar-refractivity contribution in [1.82, 2.24) is 0 Å². The summed E-state index contributed by atoms with van der Waals surface area (Å²) in [6.07, 6.45) is 0. The third-order valence-electron chi connectivity index (χ3n) is 2.88. The number of benzene rings is 2. The van der Waals surface area contributed by atoms with Gasteiger partial charge in [0.2, 0.25) is 0 Å². The Hall–Kier alpha value is -1.96. The summed E-state index contributed by atoms with van der Waals surface area (Å²) in [5.74, 6) is 0. The fourth-order valence-corrected chi connectivity index (χ4v) is 1.65. The zero-order chi connectivity index (χ0) is 11.5. The summed E-state index contributed by atoms with van der Waals surface area (Å²) in [4.78, 5) is 0. The fraction of sp³-hybridized carbons (Fsp3) is 0.143. The number of hydrogen-bond donors (Lipinski definition) is 2. The molecule has 0 unspecified atom stereocenters. The van der Waals surface area contributed by atoms with E-state index in [9.17, 15) is 0 Å². The zero-order valence-corrected chi connectivity index (χ0v) is 9.62. The minimum absolute atomic E-state index is 0.844. The van der Waals surface area contributed by atoms with E-state index in [4.69, 9.17) is 5.73 Å².